The van der Waals surface area contributed by atoms with Crippen LogP contribution in [0.25, 0.3) is 0 Å². The summed E-state index contributed by atoms with van der Waals surface area (Å²) in [5.74, 6) is 0.959. The van der Waals surface area contributed by atoms with E-state index in [1.165, 1.54) is 5.56 Å². The van der Waals surface area contributed by atoms with Gasteiger partial charge in [-0.1, -0.05) is 44.2 Å². The van der Waals surface area contributed by atoms with Crippen LogP contribution in [0.15, 0.2) is 53.1 Å². The van der Waals surface area contributed by atoms with Gasteiger partial charge in [0, 0.05) is 12.0 Å². The van der Waals surface area contributed by atoms with Gasteiger partial charge in [0.15, 0.2) is 0 Å². The van der Waals surface area contributed by atoms with Crippen LogP contribution in [0, 0.1) is 0 Å². The normalized spacial score (nSPS) is 14.4. The molecule has 0 aliphatic heterocycles. The van der Waals surface area contributed by atoms with Crippen LogP contribution >= 0.6 is 0 Å². The lowest BCUT2D eigenvalue weighted by Gasteiger charge is -2.33. The van der Waals surface area contributed by atoms with Gasteiger partial charge < -0.3 is 9.52 Å². The average molecular weight is 273 g/mol. The average Bonchev–Trinajstić information content (AvgIpc) is 3.00. The minimum Gasteiger partial charge on any atom is -0.468 e. The quantitative estimate of drug-likeness (QED) is 0.842. The molecular formula is C17H23NO2. The summed E-state index contributed by atoms with van der Waals surface area (Å²) in [6, 6.07) is 14.1. The molecule has 20 heavy (non-hydrogen) atoms. The number of furan rings is 1. The molecule has 1 N–H and O–H groups in total. The molecule has 0 fully saturated rings. The number of hydrogen-bond donors (Lipinski definition) is 1. The first-order chi connectivity index (χ1) is 9.68. The third-order valence-electron chi connectivity index (χ3n) is 3.80. The molecule has 108 valence electrons. The Bertz CT molecular complexity index is 495. The molecule has 0 spiro atoms. The molecule has 2 rings (SSSR count). The summed E-state index contributed by atoms with van der Waals surface area (Å²) < 4.78 is 5.42. The fourth-order valence-corrected chi connectivity index (χ4v) is 2.47. The van der Waals surface area contributed by atoms with Crippen molar-refractivity contribution in [2.24, 2.45) is 0 Å². The van der Waals surface area contributed by atoms with E-state index in [1.54, 1.807) is 6.26 Å². The van der Waals surface area contributed by atoms with Crippen LogP contribution in [0.3, 0.4) is 0 Å². The lowest BCUT2D eigenvalue weighted by Crippen LogP contribution is -2.41. The second kappa shape index (κ2) is 6.73. The first-order valence-electron chi connectivity index (χ1n) is 7.09. The smallest absolute Gasteiger partial charge is 0.117 e. The Balaban J connectivity index is 2.11. The summed E-state index contributed by atoms with van der Waals surface area (Å²) in [7, 11) is 0. The predicted molar refractivity (Wildman–Crippen MR) is 80.5 cm³/mol. The minimum atomic E-state index is -0.260. The molecule has 0 bridgehead atoms. The molecule has 3 nitrogen and oxygen atoms in total. The van der Waals surface area contributed by atoms with E-state index in [0.717, 1.165) is 25.4 Å². The van der Waals surface area contributed by atoms with E-state index in [4.69, 9.17) is 4.42 Å². The Labute approximate surface area is 120 Å². The van der Waals surface area contributed by atoms with E-state index in [0.29, 0.717) is 0 Å². The van der Waals surface area contributed by atoms with Gasteiger partial charge in [-0.25, -0.2) is 0 Å². The molecular weight excluding hydrogens is 250 g/mol. The molecule has 1 unspecified atom stereocenters. The van der Waals surface area contributed by atoms with Gasteiger partial charge in [0.05, 0.1) is 19.4 Å². The van der Waals surface area contributed by atoms with Gasteiger partial charge >= 0.3 is 0 Å². The number of aliphatic hydroxyl groups is 1. The van der Waals surface area contributed by atoms with Crippen molar-refractivity contribution in [2.45, 2.75) is 25.8 Å². The fourth-order valence-electron chi connectivity index (χ4n) is 2.47. The Morgan fingerprint density at radius 1 is 1.15 bits per heavy atom. The van der Waals surface area contributed by atoms with Crippen LogP contribution in [0.5, 0.6) is 0 Å². The first-order valence-corrected chi connectivity index (χ1v) is 7.09. The number of rotatable bonds is 7. The summed E-state index contributed by atoms with van der Waals surface area (Å²) in [5, 5.41) is 9.86. The zero-order valence-electron chi connectivity index (χ0n) is 12.2. The monoisotopic (exact) mass is 273 g/mol. The Morgan fingerprint density at radius 2 is 1.90 bits per heavy atom. The predicted octanol–water partition coefficient (Wildman–Crippen LogP) is 3.05. The van der Waals surface area contributed by atoms with Crippen molar-refractivity contribution in [2.75, 3.05) is 19.7 Å². The summed E-state index contributed by atoms with van der Waals surface area (Å²) in [6.45, 7) is 6.85. The van der Waals surface area contributed by atoms with Gasteiger partial charge in [-0.05, 0) is 24.2 Å². The lowest BCUT2D eigenvalue weighted by atomic mass is 9.82. The van der Waals surface area contributed by atoms with E-state index >= 15 is 0 Å². The molecule has 0 saturated carbocycles. The van der Waals surface area contributed by atoms with Crippen molar-refractivity contribution in [1.82, 2.24) is 4.90 Å². The van der Waals surface area contributed by atoms with Crippen LogP contribution in [-0.4, -0.2) is 29.7 Å². The highest BCUT2D eigenvalue weighted by atomic mass is 16.3. The second-order valence-electron chi connectivity index (χ2n) is 5.47. The maximum Gasteiger partial charge on any atom is 0.117 e. The van der Waals surface area contributed by atoms with Crippen LogP contribution in [-0.2, 0) is 12.0 Å². The Kier molecular flexibility index (Phi) is 4.99. The Morgan fingerprint density at radius 3 is 2.45 bits per heavy atom. The van der Waals surface area contributed by atoms with Crippen molar-refractivity contribution in [1.29, 1.82) is 0 Å². The molecule has 2 aromatic rings. The first kappa shape index (κ1) is 14.8. The largest absolute Gasteiger partial charge is 0.468 e. The third-order valence-corrected chi connectivity index (χ3v) is 3.80. The SMILES string of the molecule is CCN(Cc1ccco1)CC(C)(CO)c1ccccc1. The maximum atomic E-state index is 9.86. The molecule has 1 aromatic heterocycles. The van der Waals surface area contributed by atoms with Gasteiger partial charge in [0.1, 0.15) is 5.76 Å². The maximum absolute atomic E-state index is 9.86. The number of aliphatic hydroxyl groups excluding tert-OH is 1. The lowest BCUT2D eigenvalue weighted by molar-refractivity contribution is 0.138. The highest BCUT2D eigenvalue weighted by molar-refractivity contribution is 5.25. The molecule has 1 heterocycles. The second-order valence-corrected chi connectivity index (χ2v) is 5.47. The van der Waals surface area contributed by atoms with E-state index in [9.17, 15) is 5.11 Å². The molecule has 0 aliphatic carbocycles. The summed E-state index contributed by atoms with van der Waals surface area (Å²) in [6.07, 6.45) is 1.70. The van der Waals surface area contributed by atoms with E-state index in [-0.39, 0.29) is 12.0 Å². The van der Waals surface area contributed by atoms with Crippen molar-refractivity contribution < 1.29 is 9.52 Å². The highest BCUT2D eigenvalue weighted by Gasteiger charge is 2.28. The molecule has 0 amide bonds. The fraction of sp³-hybridized carbons (Fsp3) is 0.412. The summed E-state index contributed by atoms with van der Waals surface area (Å²) in [5.41, 5.74) is 0.907. The minimum absolute atomic E-state index is 0.131. The number of nitrogens with zero attached hydrogens (tertiary/aromatic N) is 1. The van der Waals surface area contributed by atoms with Gasteiger partial charge in [-0.3, -0.25) is 4.90 Å². The van der Waals surface area contributed by atoms with Crippen LogP contribution in [0.2, 0.25) is 0 Å². The zero-order valence-corrected chi connectivity index (χ0v) is 12.2. The molecule has 1 aromatic carbocycles. The highest BCUT2D eigenvalue weighted by Crippen LogP contribution is 2.25. The van der Waals surface area contributed by atoms with E-state index in [1.807, 2.05) is 30.3 Å². The van der Waals surface area contributed by atoms with Crippen LogP contribution in [0.4, 0.5) is 0 Å². The van der Waals surface area contributed by atoms with Crippen molar-refractivity contribution in [3.05, 3.63) is 60.1 Å². The van der Waals surface area contributed by atoms with Crippen molar-refractivity contribution in [3.63, 3.8) is 0 Å². The summed E-state index contributed by atoms with van der Waals surface area (Å²) in [4.78, 5) is 2.29. The van der Waals surface area contributed by atoms with Gasteiger partial charge in [-0.15, -0.1) is 0 Å². The van der Waals surface area contributed by atoms with Crippen molar-refractivity contribution >= 4 is 0 Å². The molecule has 0 saturated heterocycles. The molecule has 1 atom stereocenters. The van der Waals surface area contributed by atoms with Gasteiger partial charge in [0.2, 0.25) is 0 Å². The molecule has 0 radical (unpaired) electrons. The third kappa shape index (κ3) is 3.50. The Hall–Kier alpha value is -1.58. The van der Waals surface area contributed by atoms with Crippen LogP contribution < -0.4 is 0 Å². The summed E-state index contributed by atoms with van der Waals surface area (Å²) >= 11 is 0. The zero-order chi connectivity index (χ0) is 14.4. The van der Waals surface area contributed by atoms with Crippen molar-refractivity contribution in [3.8, 4) is 0 Å². The number of hydrogen-bond acceptors (Lipinski definition) is 3. The number of benzene rings is 1. The molecule has 0 aliphatic rings. The molecule has 3 heteroatoms. The van der Waals surface area contributed by atoms with Gasteiger partial charge in [-0.2, -0.15) is 0 Å². The van der Waals surface area contributed by atoms with Crippen LogP contribution in [0.1, 0.15) is 25.2 Å². The van der Waals surface area contributed by atoms with E-state index in [2.05, 4.69) is 30.9 Å². The van der Waals surface area contributed by atoms with E-state index < -0.39 is 0 Å². The standard InChI is InChI=1S/C17H23NO2/c1-3-18(12-16-10-7-11-20-16)13-17(2,14-19)15-8-5-4-6-9-15/h4-11,19H,3,12-14H2,1-2H3. The van der Waals surface area contributed by atoms with Gasteiger partial charge in [0.25, 0.3) is 0 Å². The number of likely N-dealkylation sites (N-methyl/N-ethyl adjacent to an activating group) is 1. The topological polar surface area (TPSA) is 36.6 Å².